The Bertz CT molecular complexity index is 344. The van der Waals surface area contributed by atoms with Crippen LogP contribution in [0.5, 0.6) is 0 Å². The van der Waals surface area contributed by atoms with Gasteiger partial charge in [-0.1, -0.05) is 0 Å². The van der Waals surface area contributed by atoms with Crippen LogP contribution in [0.3, 0.4) is 0 Å². The SMILES string of the molecule is COC1CCN(C(CN)c2cnn(C)c2)CC1. The Morgan fingerprint density at radius 2 is 2.24 bits per heavy atom. The van der Waals surface area contributed by atoms with E-state index in [-0.39, 0.29) is 0 Å². The first kappa shape index (κ1) is 12.5. The van der Waals surface area contributed by atoms with E-state index in [1.165, 1.54) is 5.56 Å². The van der Waals surface area contributed by atoms with Crippen LogP contribution in [0.2, 0.25) is 0 Å². The summed E-state index contributed by atoms with van der Waals surface area (Å²) in [6.07, 6.45) is 6.57. The van der Waals surface area contributed by atoms with Gasteiger partial charge in [0.05, 0.1) is 18.3 Å². The molecule has 0 aromatic carbocycles. The van der Waals surface area contributed by atoms with Gasteiger partial charge in [-0.25, -0.2) is 0 Å². The summed E-state index contributed by atoms with van der Waals surface area (Å²) < 4.78 is 7.22. The molecule has 0 spiro atoms. The fourth-order valence-corrected chi connectivity index (χ4v) is 2.53. The first-order chi connectivity index (χ1) is 8.24. The largest absolute Gasteiger partial charge is 0.381 e. The molecule has 1 aromatic heterocycles. The van der Waals surface area contributed by atoms with E-state index >= 15 is 0 Å². The lowest BCUT2D eigenvalue weighted by Crippen LogP contribution is -2.41. The van der Waals surface area contributed by atoms with E-state index in [0.717, 1.165) is 25.9 Å². The Hall–Kier alpha value is -0.910. The van der Waals surface area contributed by atoms with Crippen LogP contribution in [0, 0.1) is 0 Å². The van der Waals surface area contributed by atoms with Crippen LogP contribution >= 0.6 is 0 Å². The van der Waals surface area contributed by atoms with Crippen molar-refractivity contribution in [2.24, 2.45) is 12.8 Å². The van der Waals surface area contributed by atoms with Gasteiger partial charge in [-0.2, -0.15) is 5.10 Å². The van der Waals surface area contributed by atoms with Crippen molar-refractivity contribution in [1.29, 1.82) is 0 Å². The molecule has 0 bridgehead atoms. The molecule has 1 aliphatic heterocycles. The Labute approximate surface area is 103 Å². The number of piperidine rings is 1. The number of aromatic nitrogens is 2. The summed E-state index contributed by atoms with van der Waals surface area (Å²) in [5, 5.41) is 4.22. The van der Waals surface area contributed by atoms with Crippen LogP contribution < -0.4 is 5.73 Å². The molecular weight excluding hydrogens is 216 g/mol. The summed E-state index contributed by atoms with van der Waals surface area (Å²) in [7, 11) is 3.73. The standard InChI is InChI=1S/C12H22N4O/c1-15-9-10(8-14-15)12(7-13)16-5-3-11(17-2)4-6-16/h8-9,11-12H,3-7,13H2,1-2H3. The number of hydrogen-bond acceptors (Lipinski definition) is 4. The molecule has 1 saturated heterocycles. The number of nitrogens with zero attached hydrogens (tertiary/aromatic N) is 3. The second kappa shape index (κ2) is 5.62. The lowest BCUT2D eigenvalue weighted by Gasteiger charge is -2.36. The van der Waals surface area contributed by atoms with Crippen LogP contribution in [-0.2, 0) is 11.8 Å². The zero-order chi connectivity index (χ0) is 12.3. The normalized spacial score (nSPS) is 20.6. The van der Waals surface area contributed by atoms with Crippen molar-refractivity contribution in [2.75, 3.05) is 26.7 Å². The van der Waals surface area contributed by atoms with Crippen molar-refractivity contribution in [3.8, 4) is 0 Å². The molecule has 0 radical (unpaired) electrons. The van der Waals surface area contributed by atoms with Crippen LogP contribution in [0.25, 0.3) is 0 Å². The van der Waals surface area contributed by atoms with E-state index in [0.29, 0.717) is 18.7 Å². The Morgan fingerprint density at radius 3 is 2.71 bits per heavy atom. The van der Waals surface area contributed by atoms with Gasteiger partial charge in [0.1, 0.15) is 0 Å². The quantitative estimate of drug-likeness (QED) is 0.831. The molecule has 2 N–H and O–H groups in total. The fraction of sp³-hybridized carbons (Fsp3) is 0.750. The minimum Gasteiger partial charge on any atom is -0.381 e. The van der Waals surface area contributed by atoms with Gasteiger partial charge in [0.15, 0.2) is 0 Å². The third kappa shape index (κ3) is 2.86. The van der Waals surface area contributed by atoms with Crippen LogP contribution in [0.4, 0.5) is 0 Å². The number of methoxy groups -OCH3 is 1. The predicted molar refractivity (Wildman–Crippen MR) is 66.6 cm³/mol. The fourth-order valence-electron chi connectivity index (χ4n) is 2.53. The van der Waals surface area contributed by atoms with Gasteiger partial charge >= 0.3 is 0 Å². The highest BCUT2D eigenvalue weighted by Crippen LogP contribution is 2.24. The first-order valence-corrected chi connectivity index (χ1v) is 6.20. The number of nitrogens with two attached hydrogens (primary N) is 1. The van der Waals surface area contributed by atoms with E-state index in [1.54, 1.807) is 7.11 Å². The minimum atomic E-state index is 0.293. The maximum atomic E-state index is 5.90. The van der Waals surface area contributed by atoms with Crippen molar-refractivity contribution in [3.63, 3.8) is 0 Å². The summed E-state index contributed by atoms with van der Waals surface area (Å²) in [5.74, 6) is 0. The summed E-state index contributed by atoms with van der Waals surface area (Å²) >= 11 is 0. The van der Waals surface area contributed by atoms with Gasteiger partial charge in [-0.3, -0.25) is 9.58 Å². The molecule has 5 heteroatoms. The Kier molecular flexibility index (Phi) is 4.15. The van der Waals surface area contributed by atoms with Crippen molar-refractivity contribution >= 4 is 0 Å². The monoisotopic (exact) mass is 238 g/mol. The summed E-state index contributed by atoms with van der Waals surface area (Å²) in [6.45, 7) is 2.74. The van der Waals surface area contributed by atoms with Crippen LogP contribution in [0.15, 0.2) is 12.4 Å². The summed E-state index contributed by atoms with van der Waals surface area (Å²) in [5.41, 5.74) is 7.12. The van der Waals surface area contributed by atoms with E-state index < -0.39 is 0 Å². The van der Waals surface area contributed by atoms with Gasteiger partial charge in [-0.05, 0) is 12.8 Å². The van der Waals surface area contributed by atoms with Crippen LogP contribution in [-0.4, -0.2) is 47.5 Å². The molecule has 1 atom stereocenters. The van der Waals surface area contributed by atoms with Crippen LogP contribution in [0.1, 0.15) is 24.4 Å². The average molecular weight is 238 g/mol. The second-order valence-corrected chi connectivity index (χ2v) is 4.67. The zero-order valence-electron chi connectivity index (χ0n) is 10.7. The molecule has 2 heterocycles. The number of likely N-dealkylation sites (tertiary alicyclic amines) is 1. The van der Waals surface area contributed by atoms with Gasteiger partial charge < -0.3 is 10.5 Å². The molecule has 0 amide bonds. The zero-order valence-corrected chi connectivity index (χ0v) is 10.7. The second-order valence-electron chi connectivity index (χ2n) is 4.67. The topological polar surface area (TPSA) is 56.3 Å². The predicted octanol–water partition coefficient (Wildman–Crippen LogP) is 0.531. The first-order valence-electron chi connectivity index (χ1n) is 6.20. The smallest absolute Gasteiger partial charge is 0.0595 e. The van der Waals surface area contributed by atoms with Crippen molar-refractivity contribution in [2.45, 2.75) is 25.0 Å². The van der Waals surface area contributed by atoms with Gasteiger partial charge in [0.2, 0.25) is 0 Å². The minimum absolute atomic E-state index is 0.293. The molecule has 96 valence electrons. The highest BCUT2D eigenvalue weighted by molar-refractivity contribution is 5.11. The summed E-state index contributed by atoms with van der Waals surface area (Å²) in [4.78, 5) is 2.44. The molecule has 0 saturated carbocycles. The number of aryl methyl sites for hydroxylation is 1. The molecule has 0 aliphatic carbocycles. The van der Waals surface area contributed by atoms with E-state index in [4.69, 9.17) is 10.5 Å². The lowest BCUT2D eigenvalue weighted by atomic mass is 10.0. The number of ether oxygens (including phenoxy) is 1. The van der Waals surface area contributed by atoms with E-state index in [2.05, 4.69) is 16.2 Å². The van der Waals surface area contributed by atoms with E-state index in [9.17, 15) is 0 Å². The third-order valence-electron chi connectivity index (χ3n) is 3.58. The highest BCUT2D eigenvalue weighted by atomic mass is 16.5. The van der Waals surface area contributed by atoms with Gasteiger partial charge in [-0.15, -0.1) is 0 Å². The molecular formula is C12H22N4O. The number of hydrogen-bond donors (Lipinski definition) is 1. The van der Waals surface area contributed by atoms with E-state index in [1.807, 2.05) is 17.9 Å². The Morgan fingerprint density at radius 1 is 1.53 bits per heavy atom. The maximum Gasteiger partial charge on any atom is 0.0595 e. The van der Waals surface area contributed by atoms with Gasteiger partial charge in [0.25, 0.3) is 0 Å². The maximum absolute atomic E-state index is 5.90. The summed E-state index contributed by atoms with van der Waals surface area (Å²) in [6, 6.07) is 0.293. The molecule has 1 unspecified atom stereocenters. The van der Waals surface area contributed by atoms with Crippen molar-refractivity contribution in [3.05, 3.63) is 18.0 Å². The molecule has 1 aliphatic rings. The average Bonchev–Trinajstić information content (AvgIpc) is 2.78. The lowest BCUT2D eigenvalue weighted by molar-refractivity contribution is 0.0280. The van der Waals surface area contributed by atoms with Crippen molar-refractivity contribution < 1.29 is 4.74 Å². The number of rotatable bonds is 4. The van der Waals surface area contributed by atoms with Gasteiger partial charge in [0, 0.05) is 45.6 Å². The molecule has 17 heavy (non-hydrogen) atoms. The van der Waals surface area contributed by atoms with Crippen molar-refractivity contribution in [1.82, 2.24) is 14.7 Å². The highest BCUT2D eigenvalue weighted by Gasteiger charge is 2.25. The third-order valence-corrected chi connectivity index (χ3v) is 3.58. The Balaban J connectivity index is 2.00. The molecule has 1 aromatic rings. The molecule has 5 nitrogen and oxygen atoms in total. The molecule has 2 rings (SSSR count). The molecule has 1 fully saturated rings.